The molecule has 2 aromatic rings. The Labute approximate surface area is 164 Å². The van der Waals surface area contributed by atoms with E-state index in [1.165, 1.54) is 13.3 Å². The molecule has 7 heteroatoms. The number of ether oxygens (including phenoxy) is 3. The van der Waals surface area contributed by atoms with Gasteiger partial charge in [-0.2, -0.15) is 0 Å². The number of aromatic nitrogens is 1. The van der Waals surface area contributed by atoms with Crippen molar-refractivity contribution in [2.45, 2.75) is 31.9 Å². The van der Waals surface area contributed by atoms with Gasteiger partial charge >= 0.3 is 5.97 Å². The van der Waals surface area contributed by atoms with E-state index in [-0.39, 0.29) is 6.10 Å². The summed E-state index contributed by atoms with van der Waals surface area (Å²) in [6, 6.07) is 9.75. The molecule has 1 aliphatic rings. The number of rotatable bonds is 6. The molecule has 0 radical (unpaired) electrons. The van der Waals surface area contributed by atoms with Gasteiger partial charge in [0.1, 0.15) is 6.10 Å². The molecule has 0 aliphatic carbocycles. The summed E-state index contributed by atoms with van der Waals surface area (Å²) in [5.41, 5.74) is 1.98. The number of pyridine rings is 1. The Kier molecular flexibility index (Phi) is 6.60. The molecule has 3 rings (SSSR count). The Morgan fingerprint density at radius 2 is 2.00 bits per heavy atom. The highest BCUT2D eigenvalue weighted by Crippen LogP contribution is 2.19. The number of nitrogens with one attached hydrogen (secondary N) is 1. The number of hydrogen-bond acceptors (Lipinski definition) is 6. The van der Waals surface area contributed by atoms with Gasteiger partial charge in [-0.25, -0.2) is 9.78 Å². The summed E-state index contributed by atoms with van der Waals surface area (Å²) < 4.78 is 16.0. The summed E-state index contributed by atoms with van der Waals surface area (Å²) in [4.78, 5) is 29.0. The fourth-order valence-corrected chi connectivity index (χ4v) is 3.01. The van der Waals surface area contributed by atoms with E-state index < -0.39 is 17.9 Å². The number of amides is 1. The Morgan fingerprint density at radius 3 is 2.64 bits per heavy atom. The lowest BCUT2D eigenvalue weighted by Gasteiger charge is -2.22. The minimum atomic E-state index is -0.893. The first-order chi connectivity index (χ1) is 13.6. The average molecular weight is 384 g/mol. The van der Waals surface area contributed by atoms with E-state index in [1.807, 2.05) is 25.1 Å². The molecular weight excluding hydrogens is 360 g/mol. The van der Waals surface area contributed by atoms with Crippen LogP contribution in [-0.4, -0.2) is 43.3 Å². The van der Waals surface area contributed by atoms with Crippen molar-refractivity contribution >= 4 is 11.9 Å². The van der Waals surface area contributed by atoms with Crippen LogP contribution in [0.25, 0.3) is 0 Å². The van der Waals surface area contributed by atoms with Gasteiger partial charge in [0.05, 0.1) is 25.9 Å². The molecule has 1 unspecified atom stereocenters. The highest BCUT2D eigenvalue weighted by molar-refractivity contribution is 5.96. The lowest BCUT2D eigenvalue weighted by molar-refractivity contribution is -0.143. The largest absolute Gasteiger partial charge is 0.474 e. The third-order valence-corrected chi connectivity index (χ3v) is 4.54. The van der Waals surface area contributed by atoms with E-state index >= 15 is 0 Å². The van der Waals surface area contributed by atoms with E-state index in [2.05, 4.69) is 10.3 Å². The molecular formula is C21H24N2O5. The lowest BCUT2D eigenvalue weighted by atomic mass is 10.0. The van der Waals surface area contributed by atoms with Crippen LogP contribution < -0.4 is 10.1 Å². The standard InChI is InChI=1S/C21H24N2O5/c1-14-4-3-5-15(12-14)19(21(25)26-2)23-20(24)16-6-7-18(22-13-16)28-17-8-10-27-11-9-17/h3-7,12-13,17,19H,8-11H2,1-2H3,(H,23,24). The van der Waals surface area contributed by atoms with Crippen molar-refractivity contribution in [3.05, 3.63) is 59.3 Å². The number of esters is 1. The molecule has 1 aromatic heterocycles. The van der Waals surface area contributed by atoms with Crippen molar-refractivity contribution in [3.8, 4) is 5.88 Å². The molecule has 1 amide bonds. The van der Waals surface area contributed by atoms with Crippen LogP contribution in [0, 0.1) is 6.92 Å². The third kappa shape index (κ3) is 5.07. The molecule has 1 N–H and O–H groups in total. The number of nitrogens with zero attached hydrogens (tertiary/aromatic N) is 1. The van der Waals surface area contributed by atoms with Crippen LogP contribution in [0.4, 0.5) is 0 Å². The first-order valence-electron chi connectivity index (χ1n) is 9.22. The van der Waals surface area contributed by atoms with Crippen LogP contribution in [0.1, 0.15) is 40.4 Å². The van der Waals surface area contributed by atoms with E-state index in [1.54, 1.807) is 18.2 Å². The molecule has 2 heterocycles. The summed E-state index contributed by atoms with van der Waals surface area (Å²) in [6.45, 7) is 3.28. The van der Waals surface area contributed by atoms with Crippen LogP contribution in [-0.2, 0) is 14.3 Å². The van der Waals surface area contributed by atoms with Gasteiger partial charge in [-0.15, -0.1) is 0 Å². The number of hydrogen-bond donors (Lipinski definition) is 1. The zero-order valence-electron chi connectivity index (χ0n) is 16.0. The third-order valence-electron chi connectivity index (χ3n) is 4.54. The number of carbonyl (C=O) groups excluding carboxylic acids is 2. The number of aryl methyl sites for hydroxylation is 1. The minimum absolute atomic E-state index is 0.0750. The highest BCUT2D eigenvalue weighted by atomic mass is 16.5. The fourth-order valence-electron chi connectivity index (χ4n) is 3.01. The monoisotopic (exact) mass is 384 g/mol. The summed E-state index contributed by atoms with van der Waals surface area (Å²) in [5.74, 6) is -0.486. The van der Waals surface area contributed by atoms with Gasteiger partial charge in [-0.1, -0.05) is 29.8 Å². The number of benzene rings is 1. The van der Waals surface area contributed by atoms with Gasteiger partial charge in [0.25, 0.3) is 5.91 Å². The van der Waals surface area contributed by atoms with E-state index in [0.29, 0.717) is 30.2 Å². The molecule has 0 saturated carbocycles. The summed E-state index contributed by atoms with van der Waals surface area (Å²) >= 11 is 0. The van der Waals surface area contributed by atoms with Crippen LogP contribution in [0.2, 0.25) is 0 Å². The maximum Gasteiger partial charge on any atom is 0.333 e. The van der Waals surface area contributed by atoms with E-state index in [0.717, 1.165) is 18.4 Å². The van der Waals surface area contributed by atoms with Crippen molar-refractivity contribution in [3.63, 3.8) is 0 Å². The second kappa shape index (κ2) is 9.32. The molecule has 7 nitrogen and oxygen atoms in total. The van der Waals surface area contributed by atoms with Crippen LogP contribution in [0.15, 0.2) is 42.6 Å². The topological polar surface area (TPSA) is 86.8 Å². The minimum Gasteiger partial charge on any atom is -0.474 e. The van der Waals surface area contributed by atoms with E-state index in [9.17, 15) is 9.59 Å². The highest BCUT2D eigenvalue weighted by Gasteiger charge is 2.24. The Hall–Kier alpha value is -2.93. The molecule has 148 valence electrons. The Bertz CT molecular complexity index is 816. The van der Waals surface area contributed by atoms with Gasteiger partial charge in [-0.3, -0.25) is 4.79 Å². The smallest absolute Gasteiger partial charge is 0.333 e. The SMILES string of the molecule is COC(=O)C(NC(=O)c1ccc(OC2CCOCC2)nc1)c1cccc(C)c1. The Morgan fingerprint density at radius 1 is 1.21 bits per heavy atom. The van der Waals surface area contributed by atoms with Crippen molar-refractivity contribution in [1.82, 2.24) is 10.3 Å². The van der Waals surface area contributed by atoms with Gasteiger partial charge in [0.15, 0.2) is 6.04 Å². The van der Waals surface area contributed by atoms with Crippen molar-refractivity contribution in [1.29, 1.82) is 0 Å². The zero-order chi connectivity index (χ0) is 19.9. The first-order valence-corrected chi connectivity index (χ1v) is 9.22. The second-order valence-corrected chi connectivity index (χ2v) is 6.66. The maximum atomic E-state index is 12.6. The van der Waals surface area contributed by atoms with Crippen LogP contribution >= 0.6 is 0 Å². The van der Waals surface area contributed by atoms with Crippen molar-refractivity contribution in [2.24, 2.45) is 0 Å². The Balaban J connectivity index is 1.68. The second-order valence-electron chi connectivity index (χ2n) is 6.66. The van der Waals surface area contributed by atoms with E-state index in [4.69, 9.17) is 14.2 Å². The molecule has 1 fully saturated rings. The molecule has 1 aliphatic heterocycles. The van der Waals surface area contributed by atoms with Crippen LogP contribution in [0.5, 0.6) is 5.88 Å². The average Bonchev–Trinajstić information content (AvgIpc) is 2.72. The quantitative estimate of drug-likeness (QED) is 0.771. The summed E-state index contributed by atoms with van der Waals surface area (Å²) in [5, 5.41) is 2.72. The normalized spacial score (nSPS) is 15.5. The van der Waals surface area contributed by atoms with Crippen molar-refractivity contribution in [2.75, 3.05) is 20.3 Å². The predicted molar refractivity (Wildman–Crippen MR) is 102 cm³/mol. The number of carbonyl (C=O) groups is 2. The fraction of sp³-hybridized carbons (Fsp3) is 0.381. The van der Waals surface area contributed by atoms with Gasteiger partial charge in [-0.05, 0) is 18.6 Å². The first kappa shape index (κ1) is 19.8. The summed E-state index contributed by atoms with van der Waals surface area (Å²) in [7, 11) is 1.29. The predicted octanol–water partition coefficient (Wildman–Crippen LogP) is 2.59. The zero-order valence-corrected chi connectivity index (χ0v) is 16.0. The van der Waals surface area contributed by atoms with Gasteiger partial charge < -0.3 is 19.5 Å². The number of methoxy groups -OCH3 is 1. The summed E-state index contributed by atoms with van der Waals surface area (Å²) in [6.07, 6.45) is 3.16. The lowest BCUT2D eigenvalue weighted by Crippen LogP contribution is -2.34. The molecule has 0 bridgehead atoms. The molecule has 28 heavy (non-hydrogen) atoms. The van der Waals surface area contributed by atoms with Gasteiger partial charge in [0, 0.05) is 25.1 Å². The molecule has 1 aromatic carbocycles. The van der Waals surface area contributed by atoms with Crippen molar-refractivity contribution < 1.29 is 23.8 Å². The molecule has 1 saturated heterocycles. The van der Waals surface area contributed by atoms with Gasteiger partial charge in [0.2, 0.25) is 5.88 Å². The maximum absolute atomic E-state index is 12.6. The molecule has 1 atom stereocenters. The van der Waals surface area contributed by atoms with Crippen LogP contribution in [0.3, 0.4) is 0 Å². The molecule has 0 spiro atoms.